The first kappa shape index (κ1) is 16.3. The summed E-state index contributed by atoms with van der Waals surface area (Å²) >= 11 is 0. The number of aliphatic hydroxyl groups is 1. The molecular formula is C15H22N4O3. The minimum atomic E-state index is -0.621. The molecule has 0 saturated carbocycles. The molecule has 2 rings (SSSR count). The maximum atomic E-state index is 9.74. The van der Waals surface area contributed by atoms with Crippen molar-refractivity contribution in [3.63, 3.8) is 0 Å². The fourth-order valence-corrected chi connectivity index (χ4v) is 1.80. The first-order valence-corrected chi connectivity index (χ1v) is 7.22. The summed E-state index contributed by atoms with van der Waals surface area (Å²) in [5.41, 5.74) is 0. The average Bonchev–Trinajstić information content (AvgIpc) is 2.98. The van der Waals surface area contributed by atoms with Crippen LogP contribution in [0.15, 0.2) is 36.7 Å². The molecule has 2 aromatic rings. The topological polar surface area (TPSA) is 81.4 Å². The molecule has 1 heterocycles. The van der Waals surface area contributed by atoms with E-state index >= 15 is 0 Å². The second-order valence-electron chi connectivity index (χ2n) is 5.25. The Bertz CT molecular complexity index is 540. The van der Waals surface area contributed by atoms with Gasteiger partial charge in [-0.3, -0.25) is 5.32 Å². The third-order valence-corrected chi connectivity index (χ3v) is 2.84. The molecule has 2 atom stereocenters. The van der Waals surface area contributed by atoms with Crippen LogP contribution >= 0.6 is 0 Å². The van der Waals surface area contributed by atoms with Crippen molar-refractivity contribution in [2.45, 2.75) is 45.9 Å². The fourth-order valence-electron chi connectivity index (χ4n) is 1.80. The van der Waals surface area contributed by atoms with E-state index in [2.05, 4.69) is 15.5 Å². The summed E-state index contributed by atoms with van der Waals surface area (Å²) in [5, 5.41) is 20.8. The standard InChI is InChI=1S/C15H22N4O3/c1-11(2)18-15(12(3)20)22-14-6-4-13(5-7-14)21-10-19-16-8-9-17-19/h4-9,11-12,15,18,20H,10H2,1-3H3. The first-order valence-electron chi connectivity index (χ1n) is 7.22. The quantitative estimate of drug-likeness (QED) is 0.718. The molecule has 2 unspecified atom stereocenters. The van der Waals surface area contributed by atoms with E-state index in [4.69, 9.17) is 9.47 Å². The largest absolute Gasteiger partial charge is 0.473 e. The number of hydrogen-bond acceptors (Lipinski definition) is 6. The molecule has 0 amide bonds. The van der Waals surface area contributed by atoms with Crippen LogP contribution in [0, 0.1) is 0 Å². The maximum Gasteiger partial charge on any atom is 0.199 e. The highest BCUT2D eigenvalue weighted by atomic mass is 16.5. The number of rotatable bonds is 8. The molecule has 1 aromatic heterocycles. The molecule has 1 aromatic carbocycles. The van der Waals surface area contributed by atoms with Gasteiger partial charge in [0, 0.05) is 6.04 Å². The molecule has 0 bridgehead atoms. The van der Waals surface area contributed by atoms with Crippen LogP contribution in [0.5, 0.6) is 11.5 Å². The van der Waals surface area contributed by atoms with E-state index in [0.29, 0.717) is 11.5 Å². The van der Waals surface area contributed by atoms with Gasteiger partial charge in [-0.1, -0.05) is 0 Å². The number of benzene rings is 1. The van der Waals surface area contributed by atoms with Gasteiger partial charge in [0.05, 0.1) is 12.4 Å². The molecule has 0 radical (unpaired) electrons. The first-order chi connectivity index (χ1) is 10.5. The van der Waals surface area contributed by atoms with Gasteiger partial charge in [-0.2, -0.15) is 10.2 Å². The Labute approximate surface area is 129 Å². The van der Waals surface area contributed by atoms with Crippen molar-refractivity contribution in [1.29, 1.82) is 0 Å². The second kappa shape index (κ2) is 7.77. The van der Waals surface area contributed by atoms with E-state index < -0.39 is 12.3 Å². The van der Waals surface area contributed by atoms with Crippen LogP contribution in [0.25, 0.3) is 0 Å². The van der Waals surface area contributed by atoms with Crippen LogP contribution < -0.4 is 14.8 Å². The van der Waals surface area contributed by atoms with Crippen LogP contribution in [-0.2, 0) is 6.73 Å². The number of nitrogens with zero attached hydrogens (tertiary/aromatic N) is 3. The lowest BCUT2D eigenvalue weighted by atomic mass is 10.3. The summed E-state index contributed by atoms with van der Waals surface area (Å²) < 4.78 is 11.3. The van der Waals surface area contributed by atoms with E-state index in [0.717, 1.165) is 0 Å². The minimum absolute atomic E-state index is 0.212. The van der Waals surface area contributed by atoms with Crippen molar-refractivity contribution in [3.8, 4) is 11.5 Å². The number of aromatic nitrogens is 3. The second-order valence-corrected chi connectivity index (χ2v) is 5.25. The summed E-state index contributed by atoms with van der Waals surface area (Å²) in [7, 11) is 0. The average molecular weight is 306 g/mol. The summed E-state index contributed by atoms with van der Waals surface area (Å²) in [4.78, 5) is 1.44. The summed E-state index contributed by atoms with van der Waals surface area (Å²) in [6, 6.07) is 7.40. The molecule has 22 heavy (non-hydrogen) atoms. The molecule has 7 nitrogen and oxygen atoms in total. The Morgan fingerprint density at radius 3 is 2.23 bits per heavy atom. The Hall–Kier alpha value is -2.12. The number of nitrogens with one attached hydrogen (secondary N) is 1. The lowest BCUT2D eigenvalue weighted by Crippen LogP contribution is -2.46. The van der Waals surface area contributed by atoms with Gasteiger partial charge in [0.1, 0.15) is 17.6 Å². The molecule has 0 fully saturated rings. The van der Waals surface area contributed by atoms with Gasteiger partial charge >= 0.3 is 0 Å². The molecule has 0 saturated heterocycles. The van der Waals surface area contributed by atoms with Gasteiger partial charge in [0.15, 0.2) is 13.0 Å². The summed E-state index contributed by atoms with van der Waals surface area (Å²) in [5.74, 6) is 1.35. The van der Waals surface area contributed by atoms with E-state index in [9.17, 15) is 5.11 Å². The van der Waals surface area contributed by atoms with E-state index in [1.54, 1.807) is 43.6 Å². The normalized spacial score (nSPS) is 13.9. The van der Waals surface area contributed by atoms with Crippen molar-refractivity contribution in [2.75, 3.05) is 0 Å². The molecule has 0 aliphatic heterocycles. The highest BCUT2D eigenvalue weighted by Gasteiger charge is 2.17. The predicted molar refractivity (Wildman–Crippen MR) is 81.5 cm³/mol. The minimum Gasteiger partial charge on any atom is -0.473 e. The van der Waals surface area contributed by atoms with Gasteiger partial charge in [0.2, 0.25) is 0 Å². The van der Waals surface area contributed by atoms with Crippen molar-refractivity contribution in [2.24, 2.45) is 0 Å². The molecular weight excluding hydrogens is 284 g/mol. The van der Waals surface area contributed by atoms with Gasteiger partial charge in [0.25, 0.3) is 0 Å². The molecule has 0 spiro atoms. The number of hydrogen-bond donors (Lipinski definition) is 2. The smallest absolute Gasteiger partial charge is 0.199 e. The monoisotopic (exact) mass is 306 g/mol. The Morgan fingerprint density at radius 2 is 1.68 bits per heavy atom. The molecule has 120 valence electrons. The van der Waals surface area contributed by atoms with Crippen molar-refractivity contribution in [3.05, 3.63) is 36.7 Å². The van der Waals surface area contributed by atoms with E-state index in [1.807, 2.05) is 13.8 Å². The van der Waals surface area contributed by atoms with Crippen LogP contribution in [-0.4, -0.2) is 38.5 Å². The van der Waals surface area contributed by atoms with Gasteiger partial charge < -0.3 is 14.6 Å². The third kappa shape index (κ3) is 5.01. The zero-order valence-electron chi connectivity index (χ0n) is 13.0. The van der Waals surface area contributed by atoms with Gasteiger partial charge in [-0.25, -0.2) is 0 Å². The molecule has 7 heteroatoms. The molecule has 0 aliphatic carbocycles. The van der Waals surface area contributed by atoms with Crippen molar-refractivity contribution < 1.29 is 14.6 Å². The Balaban J connectivity index is 1.90. The predicted octanol–water partition coefficient (Wildman–Crippen LogP) is 1.40. The van der Waals surface area contributed by atoms with Crippen LogP contribution in [0.3, 0.4) is 0 Å². The Kier molecular flexibility index (Phi) is 5.74. The lowest BCUT2D eigenvalue weighted by molar-refractivity contribution is 0.0218. The lowest BCUT2D eigenvalue weighted by Gasteiger charge is -2.25. The zero-order chi connectivity index (χ0) is 15.9. The van der Waals surface area contributed by atoms with Gasteiger partial charge in [-0.15, -0.1) is 4.80 Å². The Morgan fingerprint density at radius 1 is 1.09 bits per heavy atom. The maximum absolute atomic E-state index is 9.74. The van der Waals surface area contributed by atoms with Crippen LogP contribution in [0.1, 0.15) is 20.8 Å². The van der Waals surface area contributed by atoms with E-state index in [-0.39, 0.29) is 12.8 Å². The third-order valence-electron chi connectivity index (χ3n) is 2.84. The van der Waals surface area contributed by atoms with Crippen molar-refractivity contribution >= 4 is 0 Å². The molecule has 2 N–H and O–H groups in total. The SMILES string of the molecule is CC(C)NC(Oc1ccc(OCn2nccn2)cc1)C(C)O. The number of ether oxygens (including phenoxy) is 2. The van der Waals surface area contributed by atoms with Crippen LogP contribution in [0.4, 0.5) is 0 Å². The van der Waals surface area contributed by atoms with Crippen LogP contribution in [0.2, 0.25) is 0 Å². The highest BCUT2D eigenvalue weighted by Crippen LogP contribution is 2.19. The zero-order valence-corrected chi connectivity index (χ0v) is 13.0. The summed E-state index contributed by atoms with van der Waals surface area (Å²) in [6.07, 6.45) is 2.11. The fraction of sp³-hybridized carbons (Fsp3) is 0.467. The van der Waals surface area contributed by atoms with Gasteiger partial charge in [-0.05, 0) is 45.0 Å². The summed E-state index contributed by atoms with van der Waals surface area (Å²) in [6.45, 7) is 5.94. The van der Waals surface area contributed by atoms with Crippen molar-refractivity contribution in [1.82, 2.24) is 20.3 Å². The number of aliphatic hydroxyl groups excluding tert-OH is 1. The molecule has 0 aliphatic rings. The highest BCUT2D eigenvalue weighted by molar-refractivity contribution is 5.31. The van der Waals surface area contributed by atoms with E-state index in [1.165, 1.54) is 4.80 Å².